The molecule has 3 N–H and O–H groups in total. The van der Waals surface area contributed by atoms with Crippen LogP contribution in [0, 0.1) is 45.8 Å². The molecular formula is C27H43NO5. The fraction of sp³-hybridized carbons (Fsp3) is 0.889. The highest BCUT2D eigenvalue weighted by atomic mass is 16.4. The van der Waals surface area contributed by atoms with Gasteiger partial charge in [0.15, 0.2) is 0 Å². The highest BCUT2D eigenvalue weighted by Crippen LogP contribution is 2.71. The third-order valence-electron chi connectivity index (χ3n) is 11.2. The minimum Gasteiger partial charge on any atom is -0.481 e. The van der Waals surface area contributed by atoms with E-state index in [2.05, 4.69) is 26.1 Å². The monoisotopic (exact) mass is 461 g/mol. The number of hydrogen-bond donors (Lipinski definition) is 3. The molecule has 0 heterocycles. The summed E-state index contributed by atoms with van der Waals surface area (Å²) in [5.41, 5.74) is -0.325. The van der Waals surface area contributed by atoms with Gasteiger partial charge in [-0.25, -0.2) is 0 Å². The number of hydrogen-bond acceptors (Lipinski definition) is 3. The summed E-state index contributed by atoms with van der Waals surface area (Å²) in [6, 6.07) is 0. The Hall–Kier alpha value is -1.59. The maximum atomic E-state index is 12.6. The first-order valence-corrected chi connectivity index (χ1v) is 13.3. The van der Waals surface area contributed by atoms with Gasteiger partial charge >= 0.3 is 11.9 Å². The molecule has 6 heteroatoms. The SMILES string of the molecule is C[C@H](CCC(=O)NCC(=O)O)[C@H]1CC[C@H]2[C@@H]3CCC4(C(=O)O)CCCC[C@]4(C)[C@H]3CC[C@]12C. The first-order chi connectivity index (χ1) is 15.5. The van der Waals surface area contributed by atoms with Crippen molar-refractivity contribution in [2.24, 2.45) is 45.8 Å². The van der Waals surface area contributed by atoms with Gasteiger partial charge in [0.25, 0.3) is 0 Å². The fourth-order valence-corrected chi connectivity index (χ4v) is 9.54. The van der Waals surface area contributed by atoms with Crippen LogP contribution in [0.4, 0.5) is 0 Å². The Bertz CT molecular complexity index is 797. The molecule has 33 heavy (non-hydrogen) atoms. The molecule has 4 aliphatic carbocycles. The average molecular weight is 462 g/mol. The summed E-state index contributed by atoms with van der Waals surface area (Å²) in [4.78, 5) is 35.3. The summed E-state index contributed by atoms with van der Waals surface area (Å²) < 4.78 is 0. The Morgan fingerprint density at radius 3 is 2.36 bits per heavy atom. The number of carbonyl (C=O) groups is 3. The third-order valence-corrected chi connectivity index (χ3v) is 11.2. The van der Waals surface area contributed by atoms with E-state index >= 15 is 0 Å². The Morgan fingerprint density at radius 1 is 0.939 bits per heavy atom. The maximum absolute atomic E-state index is 12.6. The quantitative estimate of drug-likeness (QED) is 0.489. The molecule has 0 spiro atoms. The van der Waals surface area contributed by atoms with Gasteiger partial charge in [0.05, 0.1) is 5.41 Å². The van der Waals surface area contributed by atoms with Crippen molar-refractivity contribution in [3.05, 3.63) is 0 Å². The molecule has 4 fully saturated rings. The molecule has 0 aromatic rings. The van der Waals surface area contributed by atoms with Crippen LogP contribution in [0.25, 0.3) is 0 Å². The van der Waals surface area contributed by atoms with Gasteiger partial charge in [0.1, 0.15) is 6.54 Å². The van der Waals surface area contributed by atoms with Crippen LogP contribution in [0.2, 0.25) is 0 Å². The predicted molar refractivity (Wildman–Crippen MR) is 125 cm³/mol. The first-order valence-electron chi connectivity index (χ1n) is 13.3. The lowest BCUT2D eigenvalue weighted by Gasteiger charge is -2.64. The number of rotatable bonds is 7. The third kappa shape index (κ3) is 3.89. The number of carboxylic acid groups (broad SMARTS) is 2. The van der Waals surface area contributed by atoms with Crippen molar-refractivity contribution >= 4 is 17.8 Å². The number of nitrogens with one attached hydrogen (secondary N) is 1. The van der Waals surface area contributed by atoms with Crippen molar-refractivity contribution in [1.82, 2.24) is 5.32 Å². The van der Waals surface area contributed by atoms with Crippen molar-refractivity contribution in [3.63, 3.8) is 0 Å². The standard InChI is InChI=1S/C27H43NO5/c1-17(6-9-22(29)28-16-23(30)31)19-7-8-20-18-10-15-27(24(32)33)13-5-4-12-26(27,3)21(18)11-14-25(19,20)2/h17-21H,4-16H2,1-3H3,(H,28,29)(H,30,31)(H,32,33)/t17-,18+,19-,20+,21+,25-,26-,27?/m1/s1. The highest BCUT2D eigenvalue weighted by molar-refractivity contribution is 5.81. The lowest BCUT2D eigenvalue weighted by atomic mass is 9.40. The summed E-state index contributed by atoms with van der Waals surface area (Å²) in [6.45, 7) is 6.77. The Morgan fingerprint density at radius 2 is 1.67 bits per heavy atom. The number of aliphatic carboxylic acids is 2. The van der Waals surface area contributed by atoms with E-state index in [1.54, 1.807) is 0 Å². The van der Waals surface area contributed by atoms with Gasteiger partial charge in [0.2, 0.25) is 5.91 Å². The number of fused-ring (bicyclic) bond motifs is 5. The zero-order valence-corrected chi connectivity index (χ0v) is 20.7. The van der Waals surface area contributed by atoms with E-state index in [0.29, 0.717) is 36.0 Å². The van der Waals surface area contributed by atoms with E-state index in [0.717, 1.165) is 44.9 Å². The van der Waals surface area contributed by atoms with Gasteiger partial charge in [-0.1, -0.05) is 33.6 Å². The molecule has 1 unspecified atom stereocenters. The average Bonchev–Trinajstić information content (AvgIpc) is 3.12. The lowest BCUT2D eigenvalue weighted by Crippen LogP contribution is -2.60. The Labute approximate surface area is 198 Å². The molecule has 0 aromatic heterocycles. The van der Waals surface area contributed by atoms with Gasteiger partial charge < -0.3 is 15.5 Å². The van der Waals surface area contributed by atoms with Crippen LogP contribution in [-0.2, 0) is 14.4 Å². The van der Waals surface area contributed by atoms with Crippen LogP contribution >= 0.6 is 0 Å². The van der Waals surface area contributed by atoms with Crippen LogP contribution in [0.3, 0.4) is 0 Å². The molecule has 8 atom stereocenters. The van der Waals surface area contributed by atoms with E-state index < -0.39 is 17.4 Å². The van der Waals surface area contributed by atoms with Gasteiger partial charge in [-0.3, -0.25) is 14.4 Å². The second kappa shape index (κ2) is 8.88. The zero-order valence-electron chi connectivity index (χ0n) is 20.7. The van der Waals surface area contributed by atoms with Gasteiger partial charge in [-0.15, -0.1) is 0 Å². The molecule has 4 rings (SSSR count). The molecule has 1 amide bonds. The van der Waals surface area contributed by atoms with Crippen LogP contribution in [-0.4, -0.2) is 34.6 Å². The molecule has 6 nitrogen and oxygen atoms in total. The Kier molecular flexibility index (Phi) is 6.60. The maximum Gasteiger partial charge on any atom is 0.322 e. The summed E-state index contributed by atoms with van der Waals surface area (Å²) >= 11 is 0. The van der Waals surface area contributed by atoms with E-state index in [1.165, 1.54) is 25.7 Å². The van der Waals surface area contributed by atoms with Crippen LogP contribution in [0.15, 0.2) is 0 Å². The second-order valence-electron chi connectivity index (χ2n) is 12.3. The first kappa shape index (κ1) is 24.5. The molecule has 0 radical (unpaired) electrons. The predicted octanol–water partition coefficient (Wildman–Crippen LogP) is 5.11. The molecule has 0 saturated heterocycles. The summed E-state index contributed by atoms with van der Waals surface area (Å²) in [6.07, 6.45) is 12.0. The summed E-state index contributed by atoms with van der Waals surface area (Å²) in [5, 5.41) is 21.6. The second-order valence-corrected chi connectivity index (χ2v) is 12.3. The van der Waals surface area contributed by atoms with Gasteiger partial charge in [-0.2, -0.15) is 0 Å². The minimum absolute atomic E-state index is 0.0761. The van der Waals surface area contributed by atoms with E-state index in [-0.39, 0.29) is 23.3 Å². The van der Waals surface area contributed by atoms with E-state index in [1.807, 2.05) is 0 Å². The van der Waals surface area contributed by atoms with Crippen molar-refractivity contribution < 1.29 is 24.6 Å². The summed E-state index contributed by atoms with van der Waals surface area (Å²) in [5.74, 6) is 1.11. The van der Waals surface area contributed by atoms with Crippen molar-refractivity contribution in [2.45, 2.75) is 97.8 Å². The molecular weight excluding hydrogens is 418 g/mol. The topological polar surface area (TPSA) is 104 Å². The highest BCUT2D eigenvalue weighted by Gasteiger charge is 2.66. The minimum atomic E-state index is -1.01. The molecule has 186 valence electrons. The van der Waals surface area contributed by atoms with E-state index in [4.69, 9.17) is 5.11 Å². The molecule has 0 bridgehead atoms. The van der Waals surface area contributed by atoms with Crippen molar-refractivity contribution in [3.8, 4) is 0 Å². The Balaban J connectivity index is 1.46. The number of carboxylic acids is 2. The normalized spacial score (nSPS) is 43.0. The summed E-state index contributed by atoms with van der Waals surface area (Å²) in [7, 11) is 0. The largest absolute Gasteiger partial charge is 0.481 e. The number of carbonyl (C=O) groups excluding carboxylic acids is 1. The number of amides is 1. The lowest BCUT2D eigenvalue weighted by molar-refractivity contribution is -0.193. The molecule has 0 aromatic carbocycles. The van der Waals surface area contributed by atoms with Crippen LogP contribution in [0.5, 0.6) is 0 Å². The van der Waals surface area contributed by atoms with Gasteiger partial charge in [-0.05, 0) is 98.2 Å². The smallest absolute Gasteiger partial charge is 0.322 e. The molecule has 0 aliphatic heterocycles. The van der Waals surface area contributed by atoms with Crippen LogP contribution in [0.1, 0.15) is 97.8 Å². The van der Waals surface area contributed by atoms with E-state index in [9.17, 15) is 19.5 Å². The fourth-order valence-electron chi connectivity index (χ4n) is 9.54. The van der Waals surface area contributed by atoms with Crippen molar-refractivity contribution in [1.29, 1.82) is 0 Å². The zero-order chi connectivity index (χ0) is 24.0. The van der Waals surface area contributed by atoms with Gasteiger partial charge in [0, 0.05) is 6.42 Å². The van der Waals surface area contributed by atoms with Crippen molar-refractivity contribution in [2.75, 3.05) is 6.54 Å². The van der Waals surface area contributed by atoms with Crippen LogP contribution < -0.4 is 5.32 Å². The molecule has 4 aliphatic rings. The molecule has 4 saturated carbocycles.